The lowest BCUT2D eigenvalue weighted by Crippen LogP contribution is -2.52. The summed E-state index contributed by atoms with van der Waals surface area (Å²) in [7, 11) is 0. The molecule has 2 heterocycles. The molecule has 1 amide bonds. The highest BCUT2D eigenvalue weighted by molar-refractivity contribution is 5.85. The van der Waals surface area contributed by atoms with Crippen molar-refractivity contribution in [3.63, 3.8) is 0 Å². The van der Waals surface area contributed by atoms with E-state index in [1.165, 1.54) is 12.5 Å². The molecule has 0 radical (unpaired) electrons. The van der Waals surface area contributed by atoms with Crippen LogP contribution in [0.3, 0.4) is 0 Å². The van der Waals surface area contributed by atoms with Crippen LogP contribution in [0.15, 0.2) is 24.3 Å². The smallest absolute Gasteiger partial charge is 0.236 e. The zero-order chi connectivity index (χ0) is 17.1. The van der Waals surface area contributed by atoms with Crippen LogP contribution in [0.4, 0.5) is 4.39 Å². The SMILES string of the molecule is CC1CC(C)CN(C(=O)CN2CCNCC2c2cccc(F)c2)C1.Cl. The maximum Gasteiger partial charge on any atom is 0.236 e. The van der Waals surface area contributed by atoms with Crippen molar-refractivity contribution in [1.82, 2.24) is 15.1 Å². The van der Waals surface area contributed by atoms with Gasteiger partial charge in [0.15, 0.2) is 0 Å². The Morgan fingerprint density at radius 2 is 2.00 bits per heavy atom. The molecule has 3 unspecified atom stereocenters. The van der Waals surface area contributed by atoms with Gasteiger partial charge in [0.2, 0.25) is 5.91 Å². The van der Waals surface area contributed by atoms with Crippen molar-refractivity contribution >= 4 is 18.3 Å². The predicted octanol–water partition coefficient (Wildman–Crippen LogP) is 2.70. The van der Waals surface area contributed by atoms with Crippen LogP contribution >= 0.6 is 12.4 Å². The number of hydrogen-bond acceptors (Lipinski definition) is 3. The van der Waals surface area contributed by atoms with Crippen molar-refractivity contribution < 1.29 is 9.18 Å². The van der Waals surface area contributed by atoms with Crippen LogP contribution in [0.5, 0.6) is 0 Å². The average molecular weight is 370 g/mol. The number of amides is 1. The van der Waals surface area contributed by atoms with Crippen LogP contribution in [-0.2, 0) is 4.79 Å². The van der Waals surface area contributed by atoms with E-state index in [0.717, 1.165) is 38.3 Å². The molecule has 6 heteroatoms. The molecule has 0 aliphatic carbocycles. The zero-order valence-electron chi connectivity index (χ0n) is 15.1. The van der Waals surface area contributed by atoms with E-state index >= 15 is 0 Å². The number of benzene rings is 1. The molecule has 0 bridgehead atoms. The Balaban J connectivity index is 0.00000225. The Morgan fingerprint density at radius 1 is 1.28 bits per heavy atom. The largest absolute Gasteiger partial charge is 0.341 e. The van der Waals surface area contributed by atoms with Gasteiger partial charge in [-0.05, 0) is 36.0 Å². The summed E-state index contributed by atoms with van der Waals surface area (Å²) in [5.74, 6) is 1.12. The number of halogens is 2. The molecule has 0 saturated carbocycles. The van der Waals surface area contributed by atoms with E-state index in [-0.39, 0.29) is 30.2 Å². The molecule has 2 aliphatic rings. The lowest BCUT2D eigenvalue weighted by molar-refractivity contribution is -0.136. The first-order valence-corrected chi connectivity index (χ1v) is 9.01. The maximum atomic E-state index is 13.6. The van der Waals surface area contributed by atoms with Crippen molar-refractivity contribution in [3.8, 4) is 0 Å². The van der Waals surface area contributed by atoms with Crippen LogP contribution in [0.25, 0.3) is 0 Å². The molecule has 0 spiro atoms. The van der Waals surface area contributed by atoms with Gasteiger partial charge in [-0.15, -0.1) is 12.4 Å². The molecule has 25 heavy (non-hydrogen) atoms. The van der Waals surface area contributed by atoms with Gasteiger partial charge in [0.1, 0.15) is 5.82 Å². The van der Waals surface area contributed by atoms with Crippen LogP contribution in [0.1, 0.15) is 31.9 Å². The Morgan fingerprint density at radius 3 is 2.68 bits per heavy atom. The third-order valence-corrected chi connectivity index (χ3v) is 5.15. The number of carbonyl (C=O) groups excluding carboxylic acids is 1. The summed E-state index contributed by atoms with van der Waals surface area (Å²) in [6, 6.07) is 6.79. The van der Waals surface area contributed by atoms with Gasteiger partial charge >= 0.3 is 0 Å². The molecule has 0 aromatic heterocycles. The van der Waals surface area contributed by atoms with Crippen molar-refractivity contribution in [3.05, 3.63) is 35.6 Å². The Labute approximate surface area is 156 Å². The Bertz CT molecular complexity index is 576. The van der Waals surface area contributed by atoms with Gasteiger partial charge in [-0.2, -0.15) is 0 Å². The molecule has 140 valence electrons. The molecule has 2 saturated heterocycles. The van der Waals surface area contributed by atoms with Gasteiger partial charge in [0.05, 0.1) is 6.54 Å². The van der Waals surface area contributed by atoms with Gasteiger partial charge in [-0.3, -0.25) is 9.69 Å². The summed E-state index contributed by atoms with van der Waals surface area (Å²) in [5, 5.41) is 3.36. The number of nitrogens with zero attached hydrogens (tertiary/aromatic N) is 2. The standard InChI is InChI=1S/C19H28FN3O.ClH/c1-14-8-15(2)12-23(11-14)19(24)13-22-7-6-21-10-18(22)16-4-3-5-17(20)9-16;/h3-5,9,14-15,18,21H,6-8,10-13H2,1-2H3;1H. The van der Waals surface area contributed by atoms with E-state index in [9.17, 15) is 9.18 Å². The molecule has 4 nitrogen and oxygen atoms in total. The van der Waals surface area contributed by atoms with Gasteiger partial charge in [-0.1, -0.05) is 26.0 Å². The lowest BCUT2D eigenvalue weighted by atomic mass is 9.92. The number of piperazine rings is 1. The van der Waals surface area contributed by atoms with Crippen molar-refractivity contribution in [2.45, 2.75) is 26.3 Å². The number of nitrogens with one attached hydrogen (secondary N) is 1. The lowest BCUT2D eigenvalue weighted by Gasteiger charge is -2.39. The van der Waals surface area contributed by atoms with Crippen molar-refractivity contribution in [2.75, 3.05) is 39.3 Å². The molecule has 3 rings (SSSR count). The third kappa shape index (κ3) is 5.16. The van der Waals surface area contributed by atoms with E-state index in [4.69, 9.17) is 0 Å². The first-order valence-electron chi connectivity index (χ1n) is 9.01. The molecule has 1 aromatic rings. The first kappa shape index (κ1) is 20.1. The van der Waals surface area contributed by atoms with Gasteiger partial charge in [-0.25, -0.2) is 4.39 Å². The van der Waals surface area contributed by atoms with Gasteiger partial charge in [0.25, 0.3) is 0 Å². The fourth-order valence-electron chi connectivity index (χ4n) is 4.12. The minimum Gasteiger partial charge on any atom is -0.341 e. The van der Waals surface area contributed by atoms with E-state index in [1.54, 1.807) is 12.1 Å². The summed E-state index contributed by atoms with van der Waals surface area (Å²) in [5.41, 5.74) is 0.940. The molecule has 2 aliphatic heterocycles. The van der Waals surface area contributed by atoms with E-state index in [0.29, 0.717) is 18.4 Å². The Hall–Kier alpha value is -1.17. The molecule has 2 fully saturated rings. The van der Waals surface area contributed by atoms with E-state index in [1.807, 2.05) is 11.0 Å². The normalized spacial score (nSPS) is 27.6. The fraction of sp³-hybridized carbons (Fsp3) is 0.632. The predicted molar refractivity (Wildman–Crippen MR) is 100 cm³/mol. The summed E-state index contributed by atoms with van der Waals surface area (Å²) >= 11 is 0. The number of carbonyl (C=O) groups is 1. The molecule has 3 atom stereocenters. The molecular weight excluding hydrogens is 341 g/mol. The second-order valence-corrected chi connectivity index (χ2v) is 7.49. The minimum absolute atomic E-state index is 0. The summed E-state index contributed by atoms with van der Waals surface area (Å²) in [4.78, 5) is 17.0. The summed E-state index contributed by atoms with van der Waals surface area (Å²) < 4.78 is 13.6. The zero-order valence-corrected chi connectivity index (χ0v) is 15.9. The summed E-state index contributed by atoms with van der Waals surface area (Å²) in [6.07, 6.45) is 1.20. The number of rotatable bonds is 3. The molecule has 1 aromatic carbocycles. The average Bonchev–Trinajstić information content (AvgIpc) is 2.54. The number of hydrogen-bond donors (Lipinski definition) is 1. The van der Waals surface area contributed by atoms with E-state index in [2.05, 4.69) is 24.1 Å². The highest BCUT2D eigenvalue weighted by Crippen LogP contribution is 2.25. The van der Waals surface area contributed by atoms with Gasteiger partial charge in [0, 0.05) is 38.8 Å². The topological polar surface area (TPSA) is 35.6 Å². The van der Waals surface area contributed by atoms with Crippen LogP contribution < -0.4 is 5.32 Å². The summed E-state index contributed by atoms with van der Waals surface area (Å²) in [6.45, 7) is 9.01. The Kier molecular flexibility index (Phi) is 7.23. The third-order valence-electron chi connectivity index (χ3n) is 5.15. The van der Waals surface area contributed by atoms with Crippen LogP contribution in [0, 0.1) is 17.7 Å². The quantitative estimate of drug-likeness (QED) is 0.889. The molecule has 1 N–H and O–H groups in total. The highest BCUT2D eigenvalue weighted by Gasteiger charge is 2.30. The number of piperidine rings is 1. The van der Waals surface area contributed by atoms with Crippen molar-refractivity contribution in [1.29, 1.82) is 0 Å². The second kappa shape index (κ2) is 8.97. The first-order chi connectivity index (χ1) is 11.5. The van der Waals surface area contributed by atoms with Crippen molar-refractivity contribution in [2.24, 2.45) is 11.8 Å². The highest BCUT2D eigenvalue weighted by atomic mass is 35.5. The second-order valence-electron chi connectivity index (χ2n) is 7.49. The fourth-order valence-corrected chi connectivity index (χ4v) is 4.12. The van der Waals surface area contributed by atoms with Crippen LogP contribution in [-0.4, -0.2) is 55.0 Å². The molecular formula is C19H29ClFN3O. The monoisotopic (exact) mass is 369 g/mol. The maximum absolute atomic E-state index is 13.6. The van der Waals surface area contributed by atoms with Crippen LogP contribution in [0.2, 0.25) is 0 Å². The van der Waals surface area contributed by atoms with Gasteiger partial charge < -0.3 is 10.2 Å². The van der Waals surface area contributed by atoms with E-state index < -0.39 is 0 Å². The minimum atomic E-state index is -0.219. The number of likely N-dealkylation sites (tertiary alicyclic amines) is 1.